The maximum atomic E-state index is 6.48. The van der Waals surface area contributed by atoms with E-state index in [9.17, 15) is 0 Å². The first-order valence-electron chi connectivity index (χ1n) is 5.66. The third-order valence-corrected chi connectivity index (χ3v) is 3.91. The van der Waals surface area contributed by atoms with Crippen molar-refractivity contribution in [3.05, 3.63) is 64.2 Å². The summed E-state index contributed by atoms with van der Waals surface area (Å²) in [6.07, 6.45) is 0. The number of rotatable bonds is 3. The van der Waals surface area contributed by atoms with Crippen LogP contribution in [0.25, 0.3) is 0 Å². The second-order valence-corrected chi connectivity index (χ2v) is 4.93. The van der Waals surface area contributed by atoms with Gasteiger partial charge in [-0.3, -0.25) is 0 Å². The smallest absolute Gasteiger partial charge is 0.118 e. The van der Waals surface area contributed by atoms with Crippen LogP contribution >= 0.6 is 23.2 Å². The van der Waals surface area contributed by atoms with Crippen molar-refractivity contribution >= 4 is 23.2 Å². The van der Waals surface area contributed by atoms with Gasteiger partial charge in [0, 0.05) is 5.02 Å². The Bertz CT molecular complexity index is 535. The minimum absolute atomic E-state index is 0.247. The predicted octanol–water partition coefficient (Wildman–Crippen LogP) is 4.99. The number of alkyl halides is 1. The topological polar surface area (TPSA) is 9.23 Å². The predicted molar refractivity (Wildman–Crippen MR) is 76.9 cm³/mol. The van der Waals surface area contributed by atoms with Gasteiger partial charge in [0.05, 0.1) is 12.5 Å². The van der Waals surface area contributed by atoms with E-state index in [1.54, 1.807) is 7.11 Å². The molecule has 0 spiro atoms. The van der Waals surface area contributed by atoms with E-state index in [1.807, 2.05) is 49.4 Å². The largest absolute Gasteiger partial charge is 0.497 e. The Morgan fingerprint density at radius 3 is 2.33 bits per heavy atom. The minimum atomic E-state index is -0.247. The van der Waals surface area contributed by atoms with Crippen molar-refractivity contribution in [3.63, 3.8) is 0 Å². The van der Waals surface area contributed by atoms with Crippen molar-refractivity contribution in [1.82, 2.24) is 0 Å². The molecule has 0 N–H and O–H groups in total. The monoisotopic (exact) mass is 280 g/mol. The van der Waals surface area contributed by atoms with Crippen molar-refractivity contribution in [2.24, 2.45) is 0 Å². The molecule has 0 aliphatic rings. The van der Waals surface area contributed by atoms with E-state index < -0.39 is 0 Å². The lowest BCUT2D eigenvalue weighted by atomic mass is 10.0. The van der Waals surface area contributed by atoms with Gasteiger partial charge >= 0.3 is 0 Å². The molecule has 0 radical (unpaired) electrons. The van der Waals surface area contributed by atoms with Crippen molar-refractivity contribution in [2.75, 3.05) is 7.11 Å². The summed E-state index contributed by atoms with van der Waals surface area (Å²) in [5.74, 6) is 0.818. The lowest BCUT2D eigenvalue weighted by Crippen LogP contribution is -1.95. The van der Waals surface area contributed by atoms with E-state index in [-0.39, 0.29) is 5.38 Å². The Kier molecular flexibility index (Phi) is 4.15. The van der Waals surface area contributed by atoms with Gasteiger partial charge in [-0.15, -0.1) is 11.6 Å². The fourth-order valence-electron chi connectivity index (χ4n) is 1.82. The van der Waals surface area contributed by atoms with Crippen LogP contribution in [0.15, 0.2) is 42.5 Å². The molecule has 2 aromatic carbocycles. The molecular formula is C15H14Cl2O. The molecule has 0 amide bonds. The highest BCUT2D eigenvalue weighted by molar-refractivity contribution is 6.33. The van der Waals surface area contributed by atoms with Gasteiger partial charge < -0.3 is 4.74 Å². The summed E-state index contributed by atoms with van der Waals surface area (Å²) in [7, 11) is 1.64. The molecule has 0 saturated carbocycles. The van der Waals surface area contributed by atoms with Crippen LogP contribution in [0.3, 0.4) is 0 Å². The highest BCUT2D eigenvalue weighted by Crippen LogP contribution is 2.35. The molecule has 18 heavy (non-hydrogen) atoms. The van der Waals surface area contributed by atoms with Crippen LogP contribution in [0.1, 0.15) is 22.1 Å². The molecule has 3 heteroatoms. The standard InChI is InChI=1S/C15H14Cl2O/c1-10-4-3-5-13(14(10)16)15(17)11-6-8-12(18-2)9-7-11/h3-9,15H,1-2H3. The zero-order valence-electron chi connectivity index (χ0n) is 10.3. The lowest BCUT2D eigenvalue weighted by Gasteiger charge is -2.14. The molecule has 0 aliphatic heterocycles. The minimum Gasteiger partial charge on any atom is -0.497 e. The van der Waals surface area contributed by atoms with E-state index in [0.717, 1.165) is 27.5 Å². The number of methoxy groups -OCH3 is 1. The average Bonchev–Trinajstić information content (AvgIpc) is 2.41. The van der Waals surface area contributed by atoms with Gasteiger partial charge in [-0.1, -0.05) is 41.9 Å². The molecule has 1 unspecified atom stereocenters. The molecule has 2 aromatic rings. The molecule has 0 aromatic heterocycles. The molecule has 0 saturated heterocycles. The van der Waals surface area contributed by atoms with Gasteiger partial charge in [-0.05, 0) is 35.7 Å². The summed E-state index contributed by atoms with van der Waals surface area (Å²) in [6, 6.07) is 13.6. The summed E-state index contributed by atoms with van der Waals surface area (Å²) < 4.78 is 5.13. The molecule has 0 fully saturated rings. The zero-order valence-corrected chi connectivity index (χ0v) is 11.8. The molecule has 0 aliphatic carbocycles. The summed E-state index contributed by atoms with van der Waals surface area (Å²) in [6.45, 7) is 1.98. The van der Waals surface area contributed by atoms with Gasteiger partial charge in [0.25, 0.3) is 0 Å². The normalized spacial score (nSPS) is 12.2. The Labute approximate surface area is 117 Å². The number of aryl methyl sites for hydroxylation is 1. The zero-order chi connectivity index (χ0) is 13.1. The van der Waals surface area contributed by atoms with Gasteiger partial charge in [-0.25, -0.2) is 0 Å². The average molecular weight is 281 g/mol. The Morgan fingerprint density at radius 2 is 1.72 bits per heavy atom. The number of ether oxygens (including phenoxy) is 1. The van der Waals surface area contributed by atoms with E-state index in [4.69, 9.17) is 27.9 Å². The van der Waals surface area contributed by atoms with Crippen LogP contribution in [0.4, 0.5) is 0 Å². The molecule has 0 bridgehead atoms. The van der Waals surface area contributed by atoms with Crippen LogP contribution in [0, 0.1) is 6.92 Å². The third-order valence-electron chi connectivity index (χ3n) is 2.90. The third kappa shape index (κ3) is 2.63. The van der Waals surface area contributed by atoms with Crippen LogP contribution in [0.5, 0.6) is 5.75 Å². The van der Waals surface area contributed by atoms with E-state index in [0.29, 0.717) is 0 Å². The van der Waals surface area contributed by atoms with E-state index in [2.05, 4.69) is 0 Å². The number of benzene rings is 2. The fourth-order valence-corrected chi connectivity index (χ4v) is 2.44. The van der Waals surface area contributed by atoms with Crippen molar-refractivity contribution < 1.29 is 4.74 Å². The van der Waals surface area contributed by atoms with Crippen molar-refractivity contribution in [2.45, 2.75) is 12.3 Å². The first-order chi connectivity index (χ1) is 8.63. The molecule has 1 nitrogen and oxygen atoms in total. The van der Waals surface area contributed by atoms with Crippen LogP contribution < -0.4 is 4.74 Å². The van der Waals surface area contributed by atoms with Gasteiger partial charge in [0.15, 0.2) is 0 Å². The molecule has 2 rings (SSSR count). The van der Waals surface area contributed by atoms with Crippen LogP contribution in [-0.2, 0) is 0 Å². The highest BCUT2D eigenvalue weighted by atomic mass is 35.5. The van der Waals surface area contributed by atoms with E-state index >= 15 is 0 Å². The van der Waals surface area contributed by atoms with Gasteiger partial charge in [0.1, 0.15) is 5.75 Å². The summed E-state index contributed by atoms with van der Waals surface area (Å²) in [5, 5.41) is 0.483. The molecule has 0 heterocycles. The first kappa shape index (κ1) is 13.3. The summed E-state index contributed by atoms with van der Waals surface area (Å²) in [4.78, 5) is 0. The maximum absolute atomic E-state index is 6.48. The van der Waals surface area contributed by atoms with Crippen LogP contribution in [0.2, 0.25) is 5.02 Å². The second-order valence-electron chi connectivity index (χ2n) is 4.11. The Morgan fingerprint density at radius 1 is 1.06 bits per heavy atom. The first-order valence-corrected chi connectivity index (χ1v) is 6.48. The van der Waals surface area contributed by atoms with Crippen molar-refractivity contribution in [1.29, 1.82) is 0 Å². The number of hydrogen-bond acceptors (Lipinski definition) is 1. The molecular weight excluding hydrogens is 267 g/mol. The van der Waals surface area contributed by atoms with Crippen LogP contribution in [-0.4, -0.2) is 7.11 Å². The van der Waals surface area contributed by atoms with Gasteiger partial charge in [-0.2, -0.15) is 0 Å². The van der Waals surface area contributed by atoms with Crippen molar-refractivity contribution in [3.8, 4) is 5.75 Å². The number of hydrogen-bond donors (Lipinski definition) is 0. The maximum Gasteiger partial charge on any atom is 0.118 e. The SMILES string of the molecule is COc1ccc(C(Cl)c2cccc(C)c2Cl)cc1. The summed E-state index contributed by atoms with van der Waals surface area (Å²) in [5.41, 5.74) is 2.97. The van der Waals surface area contributed by atoms with Gasteiger partial charge in [0.2, 0.25) is 0 Å². The van der Waals surface area contributed by atoms with E-state index in [1.165, 1.54) is 0 Å². The fraction of sp³-hybridized carbons (Fsp3) is 0.200. The Hall–Kier alpha value is -1.18. The lowest BCUT2D eigenvalue weighted by molar-refractivity contribution is 0.414. The molecule has 94 valence electrons. The number of halogens is 2. The second kappa shape index (κ2) is 5.64. The Balaban J connectivity index is 2.35. The summed E-state index contributed by atoms with van der Waals surface area (Å²) >= 11 is 12.8. The molecule has 1 atom stereocenters. The quantitative estimate of drug-likeness (QED) is 0.720. The highest BCUT2D eigenvalue weighted by Gasteiger charge is 2.15.